The third kappa shape index (κ3) is 7.35. The SMILES string of the molecule is CC(C)(C)OC(=O)N[C@H]1CCOC[C@@H]1c1cc2c(N(Cc3ccccc3)C(=O)OC(C)(C)C)nc(Cl)nn2c1Cl. The lowest BCUT2D eigenvalue weighted by Crippen LogP contribution is -2.46. The van der Waals surface area contributed by atoms with Crippen molar-refractivity contribution in [1.29, 1.82) is 0 Å². The number of rotatable bonds is 5. The maximum atomic E-state index is 13.5. The van der Waals surface area contributed by atoms with Crippen LogP contribution >= 0.6 is 23.2 Å². The average molecular weight is 593 g/mol. The van der Waals surface area contributed by atoms with Crippen molar-refractivity contribution in [3.05, 3.63) is 58.0 Å². The van der Waals surface area contributed by atoms with Gasteiger partial charge in [0.1, 0.15) is 21.9 Å². The molecule has 10 nitrogen and oxygen atoms in total. The van der Waals surface area contributed by atoms with Gasteiger partial charge in [0.05, 0.1) is 13.2 Å². The number of fused-ring (bicyclic) bond motifs is 1. The largest absolute Gasteiger partial charge is 0.444 e. The topological polar surface area (TPSA) is 107 Å². The number of nitrogens with zero attached hydrogens (tertiary/aromatic N) is 4. The second-order valence-electron chi connectivity index (χ2n) is 11.7. The smallest absolute Gasteiger partial charge is 0.416 e. The fourth-order valence-electron chi connectivity index (χ4n) is 4.45. The van der Waals surface area contributed by atoms with Crippen LogP contribution in [0.15, 0.2) is 36.4 Å². The van der Waals surface area contributed by atoms with Gasteiger partial charge in [-0.1, -0.05) is 41.9 Å². The lowest BCUT2D eigenvalue weighted by Gasteiger charge is -2.32. The zero-order chi connectivity index (χ0) is 29.2. The molecule has 1 fully saturated rings. The van der Waals surface area contributed by atoms with Crippen LogP contribution in [-0.4, -0.2) is 57.2 Å². The number of aromatic nitrogens is 3. The summed E-state index contributed by atoms with van der Waals surface area (Å²) < 4.78 is 18.4. The van der Waals surface area contributed by atoms with Crippen LogP contribution in [0.1, 0.15) is 65.0 Å². The summed E-state index contributed by atoms with van der Waals surface area (Å²) in [5.41, 5.74) is 0.598. The fourth-order valence-corrected chi connectivity index (χ4v) is 4.93. The van der Waals surface area contributed by atoms with Crippen LogP contribution in [0.25, 0.3) is 5.52 Å². The Bertz CT molecular complexity index is 1370. The van der Waals surface area contributed by atoms with Crippen molar-refractivity contribution in [2.45, 2.75) is 77.7 Å². The second-order valence-corrected chi connectivity index (χ2v) is 12.4. The second kappa shape index (κ2) is 11.8. The molecule has 0 radical (unpaired) electrons. The number of amides is 2. The summed E-state index contributed by atoms with van der Waals surface area (Å²) in [7, 11) is 0. The lowest BCUT2D eigenvalue weighted by atomic mass is 9.90. The molecule has 1 aliphatic rings. The minimum atomic E-state index is -0.746. The molecule has 2 atom stereocenters. The molecule has 1 saturated heterocycles. The first-order valence-electron chi connectivity index (χ1n) is 13.1. The van der Waals surface area contributed by atoms with Crippen LogP contribution in [0, 0.1) is 0 Å². The molecule has 0 unspecified atom stereocenters. The predicted molar refractivity (Wildman–Crippen MR) is 153 cm³/mol. The van der Waals surface area contributed by atoms with E-state index in [2.05, 4.69) is 15.4 Å². The van der Waals surface area contributed by atoms with Crippen LogP contribution in [0.2, 0.25) is 10.4 Å². The molecule has 216 valence electrons. The van der Waals surface area contributed by atoms with E-state index in [4.69, 9.17) is 37.4 Å². The molecule has 1 aliphatic heterocycles. The highest BCUT2D eigenvalue weighted by Crippen LogP contribution is 2.37. The molecule has 4 rings (SSSR count). The van der Waals surface area contributed by atoms with Crippen molar-refractivity contribution in [3.8, 4) is 0 Å². The summed E-state index contributed by atoms with van der Waals surface area (Å²) >= 11 is 13.2. The van der Waals surface area contributed by atoms with Crippen molar-refractivity contribution in [2.75, 3.05) is 18.1 Å². The number of nitrogens with one attached hydrogen (secondary N) is 1. The molecule has 0 spiro atoms. The van der Waals surface area contributed by atoms with Gasteiger partial charge in [0.25, 0.3) is 0 Å². The fraction of sp³-hybridized carbons (Fsp3) is 0.500. The summed E-state index contributed by atoms with van der Waals surface area (Å²) in [6.45, 7) is 11.8. The van der Waals surface area contributed by atoms with Gasteiger partial charge in [-0.15, -0.1) is 5.10 Å². The van der Waals surface area contributed by atoms with E-state index in [1.54, 1.807) is 47.6 Å². The molecular formula is C28H35Cl2N5O5. The Morgan fingerprint density at radius 2 is 1.77 bits per heavy atom. The first kappa shape index (κ1) is 29.9. The van der Waals surface area contributed by atoms with E-state index in [-0.39, 0.29) is 34.8 Å². The Labute approximate surface area is 243 Å². The van der Waals surface area contributed by atoms with Crippen molar-refractivity contribution in [1.82, 2.24) is 19.9 Å². The minimum Gasteiger partial charge on any atom is -0.444 e. The molecule has 12 heteroatoms. The monoisotopic (exact) mass is 591 g/mol. The zero-order valence-corrected chi connectivity index (χ0v) is 25.0. The molecule has 0 aliphatic carbocycles. The Balaban J connectivity index is 1.77. The Morgan fingerprint density at radius 3 is 2.42 bits per heavy atom. The molecular weight excluding hydrogens is 557 g/mol. The molecule has 2 aromatic heterocycles. The van der Waals surface area contributed by atoms with E-state index in [0.29, 0.717) is 30.7 Å². The number of halogens is 2. The lowest BCUT2D eigenvalue weighted by molar-refractivity contribution is 0.0333. The Hall–Kier alpha value is -3.08. The maximum absolute atomic E-state index is 13.5. The molecule has 0 saturated carbocycles. The normalized spacial score (nSPS) is 17.9. The van der Waals surface area contributed by atoms with Gasteiger partial charge in [0.2, 0.25) is 5.28 Å². The first-order valence-corrected chi connectivity index (χ1v) is 13.8. The van der Waals surface area contributed by atoms with Crippen molar-refractivity contribution >= 4 is 46.7 Å². The van der Waals surface area contributed by atoms with Gasteiger partial charge >= 0.3 is 12.2 Å². The standard InChI is InChI=1S/C28H35Cl2N5O5/c1-27(2,3)39-25(36)31-20-12-13-38-16-19(20)18-14-21-23(32-24(30)33-35(21)22(18)29)34(26(37)40-28(4,5)6)15-17-10-8-7-9-11-17/h7-11,14,19-20H,12-13,15-16H2,1-6H3,(H,31,36)/t19-,20+/m1/s1. The van der Waals surface area contributed by atoms with Gasteiger partial charge in [-0.3, -0.25) is 4.90 Å². The van der Waals surface area contributed by atoms with E-state index < -0.39 is 23.4 Å². The van der Waals surface area contributed by atoms with E-state index in [1.807, 2.05) is 30.3 Å². The zero-order valence-electron chi connectivity index (χ0n) is 23.5. The number of benzene rings is 1. The highest BCUT2D eigenvalue weighted by Gasteiger charge is 2.35. The summed E-state index contributed by atoms with van der Waals surface area (Å²) in [4.78, 5) is 31.9. The van der Waals surface area contributed by atoms with Gasteiger partial charge in [-0.2, -0.15) is 4.98 Å². The molecule has 3 aromatic rings. The molecule has 40 heavy (non-hydrogen) atoms. The summed E-state index contributed by atoms with van der Waals surface area (Å²) in [6.07, 6.45) is -0.562. The van der Waals surface area contributed by atoms with Crippen molar-refractivity contribution < 1.29 is 23.8 Å². The van der Waals surface area contributed by atoms with Crippen LogP contribution in [0.3, 0.4) is 0 Å². The third-order valence-corrected chi connectivity index (χ3v) is 6.60. The van der Waals surface area contributed by atoms with Crippen molar-refractivity contribution in [2.24, 2.45) is 0 Å². The third-order valence-electron chi connectivity index (χ3n) is 6.07. The molecule has 1 N–H and O–H groups in total. The number of carbonyl (C=O) groups excluding carboxylic acids is 2. The van der Waals surface area contributed by atoms with E-state index in [9.17, 15) is 9.59 Å². The highest BCUT2D eigenvalue weighted by atomic mass is 35.5. The van der Waals surface area contributed by atoms with Gasteiger partial charge < -0.3 is 19.5 Å². The van der Waals surface area contributed by atoms with Crippen LogP contribution < -0.4 is 10.2 Å². The van der Waals surface area contributed by atoms with E-state index in [0.717, 1.165) is 5.56 Å². The summed E-state index contributed by atoms with van der Waals surface area (Å²) in [6, 6.07) is 11.0. The van der Waals surface area contributed by atoms with Gasteiger partial charge in [0, 0.05) is 18.6 Å². The molecule has 2 amide bonds. The predicted octanol–water partition coefficient (Wildman–Crippen LogP) is 6.38. The van der Waals surface area contributed by atoms with Gasteiger partial charge in [-0.25, -0.2) is 14.1 Å². The first-order chi connectivity index (χ1) is 18.7. The number of hydrogen-bond acceptors (Lipinski definition) is 7. The Morgan fingerprint density at radius 1 is 1.10 bits per heavy atom. The number of carbonyl (C=O) groups is 2. The summed E-state index contributed by atoms with van der Waals surface area (Å²) in [5, 5.41) is 7.46. The maximum Gasteiger partial charge on any atom is 0.416 e. The van der Waals surface area contributed by atoms with Crippen LogP contribution in [-0.2, 0) is 20.8 Å². The van der Waals surface area contributed by atoms with Crippen LogP contribution in [0.4, 0.5) is 15.4 Å². The Kier molecular flexibility index (Phi) is 8.82. The minimum absolute atomic E-state index is 0.100. The average Bonchev–Trinajstić information content (AvgIpc) is 3.17. The number of ether oxygens (including phenoxy) is 3. The highest BCUT2D eigenvalue weighted by molar-refractivity contribution is 6.31. The quantitative estimate of drug-likeness (QED) is 0.367. The van der Waals surface area contributed by atoms with Gasteiger partial charge in [0.15, 0.2) is 5.82 Å². The van der Waals surface area contributed by atoms with E-state index >= 15 is 0 Å². The van der Waals surface area contributed by atoms with Crippen molar-refractivity contribution in [3.63, 3.8) is 0 Å². The number of alkyl carbamates (subject to hydrolysis) is 1. The summed E-state index contributed by atoms with van der Waals surface area (Å²) in [5.74, 6) is -0.0779. The number of anilines is 1. The van der Waals surface area contributed by atoms with Gasteiger partial charge in [-0.05, 0) is 76.8 Å². The molecule has 0 bridgehead atoms. The van der Waals surface area contributed by atoms with E-state index in [1.165, 1.54) is 9.42 Å². The number of hydrogen-bond donors (Lipinski definition) is 1. The van der Waals surface area contributed by atoms with Crippen LogP contribution in [0.5, 0.6) is 0 Å². The molecule has 1 aromatic carbocycles. The molecule has 3 heterocycles.